The number of hydrogen-bond acceptors (Lipinski definition) is 2. The Bertz CT molecular complexity index is 339. The molecule has 0 amide bonds. The fourth-order valence-corrected chi connectivity index (χ4v) is 1.37. The van der Waals surface area contributed by atoms with Gasteiger partial charge in [-0.15, -0.1) is 0 Å². The standard InChI is InChI=1S/C13H18N2/c1-4-11(2)13(15-14-3)10-12-8-6-5-7-9-12/h5-9,14H,2,4,10H2,1,3H3/b15-13-. The summed E-state index contributed by atoms with van der Waals surface area (Å²) in [5.41, 5.74) is 6.22. The minimum atomic E-state index is 0.842. The van der Waals surface area contributed by atoms with Crippen molar-refractivity contribution < 1.29 is 0 Å². The van der Waals surface area contributed by atoms with E-state index < -0.39 is 0 Å². The third-order valence-electron chi connectivity index (χ3n) is 2.30. The van der Waals surface area contributed by atoms with E-state index in [1.165, 1.54) is 5.56 Å². The largest absolute Gasteiger partial charge is 0.313 e. The van der Waals surface area contributed by atoms with Gasteiger partial charge in [0.15, 0.2) is 0 Å². The van der Waals surface area contributed by atoms with Gasteiger partial charge in [-0.25, -0.2) is 0 Å². The zero-order valence-corrected chi connectivity index (χ0v) is 9.46. The van der Waals surface area contributed by atoms with Gasteiger partial charge >= 0.3 is 0 Å². The summed E-state index contributed by atoms with van der Waals surface area (Å²) in [6.45, 7) is 6.11. The summed E-state index contributed by atoms with van der Waals surface area (Å²) >= 11 is 0. The Labute approximate surface area is 91.7 Å². The van der Waals surface area contributed by atoms with E-state index in [0.717, 1.165) is 24.1 Å². The lowest BCUT2D eigenvalue weighted by Crippen LogP contribution is -2.10. The van der Waals surface area contributed by atoms with Gasteiger partial charge in [0.2, 0.25) is 0 Å². The Morgan fingerprint density at radius 3 is 2.53 bits per heavy atom. The second-order valence-electron chi connectivity index (χ2n) is 3.40. The number of rotatable bonds is 5. The van der Waals surface area contributed by atoms with E-state index in [9.17, 15) is 0 Å². The van der Waals surface area contributed by atoms with Gasteiger partial charge in [-0.2, -0.15) is 5.10 Å². The molecule has 1 aromatic carbocycles. The Morgan fingerprint density at radius 1 is 1.33 bits per heavy atom. The molecule has 1 N–H and O–H groups in total. The highest BCUT2D eigenvalue weighted by Gasteiger charge is 2.04. The monoisotopic (exact) mass is 202 g/mol. The minimum Gasteiger partial charge on any atom is -0.313 e. The number of allylic oxidation sites excluding steroid dienone is 1. The smallest absolute Gasteiger partial charge is 0.0672 e. The maximum atomic E-state index is 4.26. The first-order valence-electron chi connectivity index (χ1n) is 5.23. The number of nitrogens with zero attached hydrogens (tertiary/aromatic N) is 1. The molecular formula is C13H18N2. The molecule has 0 radical (unpaired) electrons. The zero-order valence-electron chi connectivity index (χ0n) is 9.46. The lowest BCUT2D eigenvalue weighted by molar-refractivity contribution is 0.890. The molecule has 2 nitrogen and oxygen atoms in total. The van der Waals surface area contributed by atoms with Crippen LogP contribution in [-0.4, -0.2) is 12.8 Å². The van der Waals surface area contributed by atoms with Crippen molar-refractivity contribution in [3.8, 4) is 0 Å². The summed E-state index contributed by atoms with van der Waals surface area (Å²) in [7, 11) is 1.81. The quantitative estimate of drug-likeness (QED) is 0.576. The average molecular weight is 202 g/mol. The summed E-state index contributed by atoms with van der Waals surface area (Å²) in [6, 6.07) is 10.3. The fourth-order valence-electron chi connectivity index (χ4n) is 1.37. The predicted molar refractivity (Wildman–Crippen MR) is 66.1 cm³/mol. The third-order valence-corrected chi connectivity index (χ3v) is 2.30. The molecule has 0 heterocycles. The molecule has 0 aliphatic rings. The molecule has 0 aliphatic heterocycles. The fraction of sp³-hybridized carbons (Fsp3) is 0.308. The Hall–Kier alpha value is -1.57. The van der Waals surface area contributed by atoms with Crippen LogP contribution >= 0.6 is 0 Å². The first-order chi connectivity index (χ1) is 7.27. The van der Waals surface area contributed by atoms with E-state index in [1.807, 2.05) is 25.2 Å². The van der Waals surface area contributed by atoms with Crippen LogP contribution in [-0.2, 0) is 6.42 Å². The number of benzene rings is 1. The van der Waals surface area contributed by atoms with Crippen molar-refractivity contribution in [2.24, 2.45) is 5.10 Å². The lowest BCUT2D eigenvalue weighted by atomic mass is 10.0. The molecule has 0 aliphatic carbocycles. The van der Waals surface area contributed by atoms with Crippen LogP contribution in [0.2, 0.25) is 0 Å². The molecule has 1 aromatic rings. The molecule has 0 unspecified atom stereocenters. The van der Waals surface area contributed by atoms with Crippen molar-refractivity contribution in [3.05, 3.63) is 48.0 Å². The van der Waals surface area contributed by atoms with Gasteiger partial charge in [-0.05, 0) is 17.6 Å². The molecule has 0 fully saturated rings. The molecule has 0 saturated carbocycles. The van der Waals surface area contributed by atoms with E-state index in [-0.39, 0.29) is 0 Å². The number of hydrazone groups is 1. The van der Waals surface area contributed by atoms with Crippen molar-refractivity contribution >= 4 is 5.71 Å². The van der Waals surface area contributed by atoms with Crippen LogP contribution in [0.15, 0.2) is 47.6 Å². The normalized spacial score (nSPS) is 11.2. The van der Waals surface area contributed by atoms with E-state index in [4.69, 9.17) is 0 Å². The second-order valence-corrected chi connectivity index (χ2v) is 3.40. The van der Waals surface area contributed by atoms with E-state index >= 15 is 0 Å². The molecule has 80 valence electrons. The van der Waals surface area contributed by atoms with Gasteiger partial charge in [0, 0.05) is 13.5 Å². The summed E-state index contributed by atoms with van der Waals surface area (Å²) in [5, 5.41) is 4.26. The summed E-state index contributed by atoms with van der Waals surface area (Å²) in [6.07, 6.45) is 1.78. The number of nitrogens with one attached hydrogen (secondary N) is 1. The molecule has 0 aromatic heterocycles. The third kappa shape index (κ3) is 3.58. The SMILES string of the molecule is C=C(CC)/C(Cc1ccccc1)=N\NC. The summed E-state index contributed by atoms with van der Waals surface area (Å²) in [5.74, 6) is 0. The molecule has 15 heavy (non-hydrogen) atoms. The predicted octanol–water partition coefficient (Wildman–Crippen LogP) is 2.77. The Balaban J connectivity index is 2.76. The van der Waals surface area contributed by atoms with E-state index in [2.05, 4.69) is 36.2 Å². The van der Waals surface area contributed by atoms with E-state index in [0.29, 0.717) is 0 Å². The van der Waals surface area contributed by atoms with Crippen molar-refractivity contribution in [1.82, 2.24) is 5.43 Å². The van der Waals surface area contributed by atoms with Gasteiger partial charge in [-0.3, -0.25) is 0 Å². The lowest BCUT2D eigenvalue weighted by Gasteiger charge is -2.07. The number of hydrogen-bond donors (Lipinski definition) is 1. The maximum absolute atomic E-state index is 4.26. The van der Waals surface area contributed by atoms with Crippen LogP contribution < -0.4 is 5.43 Å². The van der Waals surface area contributed by atoms with Crippen LogP contribution in [0.25, 0.3) is 0 Å². The van der Waals surface area contributed by atoms with Crippen molar-refractivity contribution in [1.29, 1.82) is 0 Å². The second kappa shape index (κ2) is 6.02. The highest BCUT2D eigenvalue weighted by atomic mass is 15.3. The van der Waals surface area contributed by atoms with Crippen LogP contribution in [0.5, 0.6) is 0 Å². The topological polar surface area (TPSA) is 24.4 Å². The average Bonchev–Trinajstić information content (AvgIpc) is 2.29. The van der Waals surface area contributed by atoms with Crippen LogP contribution in [0, 0.1) is 0 Å². The minimum absolute atomic E-state index is 0.842. The van der Waals surface area contributed by atoms with Crippen molar-refractivity contribution in [2.45, 2.75) is 19.8 Å². The van der Waals surface area contributed by atoms with Gasteiger partial charge in [-0.1, -0.05) is 43.8 Å². The zero-order chi connectivity index (χ0) is 11.1. The highest BCUT2D eigenvalue weighted by molar-refractivity contribution is 6.00. The van der Waals surface area contributed by atoms with Crippen LogP contribution in [0.4, 0.5) is 0 Å². The molecule has 0 spiro atoms. The highest BCUT2D eigenvalue weighted by Crippen LogP contribution is 2.08. The first-order valence-corrected chi connectivity index (χ1v) is 5.23. The van der Waals surface area contributed by atoms with Crippen molar-refractivity contribution in [2.75, 3.05) is 7.05 Å². The maximum Gasteiger partial charge on any atom is 0.0672 e. The van der Waals surface area contributed by atoms with E-state index in [1.54, 1.807) is 0 Å². The molecule has 0 saturated heterocycles. The molecular weight excluding hydrogens is 184 g/mol. The van der Waals surface area contributed by atoms with Gasteiger partial charge in [0.1, 0.15) is 0 Å². The summed E-state index contributed by atoms with van der Waals surface area (Å²) in [4.78, 5) is 0. The molecule has 0 atom stereocenters. The summed E-state index contributed by atoms with van der Waals surface area (Å²) < 4.78 is 0. The first kappa shape index (κ1) is 11.5. The van der Waals surface area contributed by atoms with Crippen LogP contribution in [0.3, 0.4) is 0 Å². The Kier molecular flexibility index (Phi) is 4.61. The molecule has 1 rings (SSSR count). The van der Waals surface area contributed by atoms with Gasteiger partial charge < -0.3 is 5.43 Å². The molecule has 2 heteroatoms. The molecule has 0 bridgehead atoms. The van der Waals surface area contributed by atoms with Gasteiger partial charge in [0.25, 0.3) is 0 Å². The van der Waals surface area contributed by atoms with Gasteiger partial charge in [0.05, 0.1) is 5.71 Å². The van der Waals surface area contributed by atoms with Crippen LogP contribution in [0.1, 0.15) is 18.9 Å². The van der Waals surface area contributed by atoms with Crippen molar-refractivity contribution in [3.63, 3.8) is 0 Å². The Morgan fingerprint density at radius 2 is 2.00 bits per heavy atom.